The molecular weight excluding hydrogens is 406 g/mol. The SMILES string of the molecule is COc1ccc(-c2csc(CCNc3nc4ccccn4c(=O)c3[N+](=O)[O-])n2)cc1. The van der Waals surface area contributed by atoms with Gasteiger partial charge in [0.2, 0.25) is 5.82 Å². The second-order valence-corrected chi connectivity index (χ2v) is 7.27. The third-order valence-corrected chi connectivity index (χ3v) is 5.37. The number of hydrogen-bond donors (Lipinski definition) is 1. The van der Waals surface area contributed by atoms with Gasteiger partial charge < -0.3 is 10.1 Å². The lowest BCUT2D eigenvalue weighted by Crippen LogP contribution is -2.21. The molecule has 0 amide bonds. The van der Waals surface area contributed by atoms with Crippen LogP contribution in [-0.2, 0) is 6.42 Å². The maximum absolute atomic E-state index is 12.5. The highest BCUT2D eigenvalue weighted by Crippen LogP contribution is 2.24. The minimum absolute atomic E-state index is 0.0388. The summed E-state index contributed by atoms with van der Waals surface area (Å²) >= 11 is 1.50. The second-order valence-electron chi connectivity index (χ2n) is 6.33. The monoisotopic (exact) mass is 423 g/mol. The number of pyridine rings is 1. The molecule has 9 nitrogen and oxygen atoms in total. The highest BCUT2D eigenvalue weighted by Gasteiger charge is 2.23. The van der Waals surface area contributed by atoms with E-state index in [1.54, 1.807) is 25.3 Å². The van der Waals surface area contributed by atoms with Crippen molar-refractivity contribution >= 4 is 28.5 Å². The molecule has 0 fully saturated rings. The van der Waals surface area contributed by atoms with Crippen LogP contribution in [-0.4, -0.2) is 32.9 Å². The lowest BCUT2D eigenvalue weighted by Gasteiger charge is -2.07. The van der Waals surface area contributed by atoms with Crippen LogP contribution in [0.4, 0.5) is 11.5 Å². The number of nitro groups is 1. The molecule has 0 bridgehead atoms. The summed E-state index contributed by atoms with van der Waals surface area (Å²) in [5.41, 5.74) is 0.879. The van der Waals surface area contributed by atoms with Crippen molar-refractivity contribution in [3.05, 3.63) is 79.5 Å². The van der Waals surface area contributed by atoms with Crippen molar-refractivity contribution in [2.75, 3.05) is 19.0 Å². The average molecular weight is 423 g/mol. The molecule has 0 radical (unpaired) electrons. The molecule has 3 aromatic heterocycles. The van der Waals surface area contributed by atoms with Crippen LogP contribution in [0.3, 0.4) is 0 Å². The van der Waals surface area contributed by atoms with Gasteiger partial charge in [-0.2, -0.15) is 0 Å². The van der Waals surface area contributed by atoms with Crippen molar-refractivity contribution in [3.63, 3.8) is 0 Å². The Bertz CT molecular complexity index is 1270. The Morgan fingerprint density at radius 3 is 2.73 bits per heavy atom. The van der Waals surface area contributed by atoms with Crippen molar-refractivity contribution in [3.8, 4) is 17.0 Å². The molecule has 4 aromatic rings. The van der Waals surface area contributed by atoms with E-state index in [1.807, 2.05) is 29.6 Å². The number of hydrogen-bond acceptors (Lipinski definition) is 8. The fourth-order valence-corrected chi connectivity index (χ4v) is 3.78. The molecule has 4 rings (SSSR count). The summed E-state index contributed by atoms with van der Waals surface area (Å²) in [6.07, 6.45) is 1.99. The topological polar surface area (TPSA) is 112 Å². The summed E-state index contributed by atoms with van der Waals surface area (Å²) in [5, 5.41) is 17.2. The van der Waals surface area contributed by atoms with Crippen LogP contribution in [0, 0.1) is 10.1 Å². The molecule has 10 heteroatoms. The third-order valence-electron chi connectivity index (χ3n) is 4.46. The van der Waals surface area contributed by atoms with Crippen molar-refractivity contribution in [2.24, 2.45) is 0 Å². The van der Waals surface area contributed by atoms with E-state index in [0.29, 0.717) is 18.6 Å². The molecular formula is C20H17N5O4S. The first-order chi connectivity index (χ1) is 14.6. The molecule has 0 aliphatic heterocycles. The highest BCUT2D eigenvalue weighted by molar-refractivity contribution is 7.09. The summed E-state index contributed by atoms with van der Waals surface area (Å²) in [4.78, 5) is 32.0. The molecule has 0 saturated heterocycles. The molecule has 0 aliphatic carbocycles. The molecule has 0 atom stereocenters. The number of anilines is 1. The number of benzene rings is 1. The van der Waals surface area contributed by atoms with Crippen LogP contribution in [0.1, 0.15) is 5.01 Å². The molecule has 30 heavy (non-hydrogen) atoms. The first-order valence-electron chi connectivity index (χ1n) is 9.05. The number of rotatable bonds is 7. The largest absolute Gasteiger partial charge is 0.497 e. The maximum atomic E-state index is 12.5. The van der Waals surface area contributed by atoms with Crippen molar-refractivity contribution in [1.82, 2.24) is 14.4 Å². The fourth-order valence-electron chi connectivity index (χ4n) is 2.98. The number of thiazole rings is 1. The van der Waals surface area contributed by atoms with Gasteiger partial charge in [-0.25, -0.2) is 9.97 Å². The molecule has 1 N–H and O–H groups in total. The average Bonchev–Trinajstić information content (AvgIpc) is 3.22. The van der Waals surface area contributed by atoms with E-state index in [9.17, 15) is 14.9 Å². The first kappa shape index (κ1) is 19.5. The normalized spacial score (nSPS) is 10.8. The van der Waals surface area contributed by atoms with Crippen molar-refractivity contribution in [1.29, 1.82) is 0 Å². The number of fused-ring (bicyclic) bond motifs is 1. The Balaban J connectivity index is 1.50. The van der Waals surface area contributed by atoms with Crippen LogP contribution < -0.4 is 15.6 Å². The van der Waals surface area contributed by atoms with Gasteiger partial charge in [0, 0.05) is 30.1 Å². The molecule has 0 aliphatic rings. The summed E-state index contributed by atoms with van der Waals surface area (Å²) in [6, 6.07) is 12.6. The second kappa shape index (κ2) is 8.29. The van der Waals surface area contributed by atoms with E-state index in [2.05, 4.69) is 15.3 Å². The minimum Gasteiger partial charge on any atom is -0.497 e. The van der Waals surface area contributed by atoms with Crippen LogP contribution in [0.15, 0.2) is 58.8 Å². The zero-order valence-corrected chi connectivity index (χ0v) is 16.8. The molecule has 1 aromatic carbocycles. The van der Waals surface area contributed by atoms with Crippen molar-refractivity contribution in [2.45, 2.75) is 6.42 Å². The number of ether oxygens (including phenoxy) is 1. The van der Waals surface area contributed by atoms with Gasteiger partial charge in [0.1, 0.15) is 11.4 Å². The molecule has 3 heterocycles. The van der Waals surface area contributed by atoms with Crippen LogP contribution in [0.25, 0.3) is 16.9 Å². The molecule has 0 unspecified atom stereocenters. The van der Waals surface area contributed by atoms with Gasteiger partial charge in [-0.15, -0.1) is 11.3 Å². The smallest absolute Gasteiger partial charge is 0.376 e. The zero-order valence-electron chi connectivity index (χ0n) is 15.9. The Kier molecular flexibility index (Phi) is 5.40. The summed E-state index contributed by atoms with van der Waals surface area (Å²) < 4.78 is 6.32. The number of nitrogens with one attached hydrogen (secondary N) is 1. The van der Waals surface area contributed by atoms with Crippen molar-refractivity contribution < 1.29 is 9.66 Å². The van der Waals surface area contributed by atoms with Gasteiger partial charge >= 0.3 is 11.2 Å². The predicted octanol–water partition coefficient (Wildman–Crippen LogP) is 3.39. The number of methoxy groups -OCH3 is 1. The summed E-state index contributed by atoms with van der Waals surface area (Å²) in [5.74, 6) is 0.738. The zero-order chi connectivity index (χ0) is 21.1. The summed E-state index contributed by atoms with van der Waals surface area (Å²) in [6.45, 7) is 0.353. The molecule has 0 saturated carbocycles. The molecule has 152 valence electrons. The fraction of sp³-hybridized carbons (Fsp3) is 0.150. The Labute approximate surface area is 174 Å². The van der Waals surface area contributed by atoms with Gasteiger partial charge in [0.15, 0.2) is 0 Å². The van der Waals surface area contributed by atoms with Gasteiger partial charge in [-0.05, 0) is 36.4 Å². The quantitative estimate of drug-likeness (QED) is 0.358. The number of nitrogens with zero attached hydrogens (tertiary/aromatic N) is 4. The van der Waals surface area contributed by atoms with E-state index in [0.717, 1.165) is 26.4 Å². The lowest BCUT2D eigenvalue weighted by molar-refractivity contribution is -0.385. The van der Waals surface area contributed by atoms with Crippen LogP contribution >= 0.6 is 11.3 Å². The standard InChI is InChI=1S/C20H17N5O4S/c1-29-14-7-5-13(6-8-14)15-12-30-17(22-15)9-10-21-19-18(25(27)28)20(26)24-11-3-2-4-16(24)23-19/h2-8,11-12,21H,9-10H2,1H3. The predicted molar refractivity (Wildman–Crippen MR) is 114 cm³/mol. The number of aromatic nitrogens is 3. The highest BCUT2D eigenvalue weighted by atomic mass is 32.1. The Morgan fingerprint density at radius 2 is 2.00 bits per heavy atom. The van der Waals surface area contributed by atoms with E-state index in [4.69, 9.17) is 4.74 Å². The van der Waals surface area contributed by atoms with Crippen LogP contribution in [0.5, 0.6) is 5.75 Å². The van der Waals surface area contributed by atoms with E-state index < -0.39 is 16.2 Å². The Morgan fingerprint density at radius 1 is 1.20 bits per heavy atom. The van der Waals surface area contributed by atoms with E-state index in [-0.39, 0.29) is 5.82 Å². The summed E-state index contributed by atoms with van der Waals surface area (Å²) in [7, 11) is 1.62. The van der Waals surface area contributed by atoms with Gasteiger partial charge in [-0.1, -0.05) is 6.07 Å². The minimum atomic E-state index is -0.718. The van der Waals surface area contributed by atoms with E-state index >= 15 is 0 Å². The molecule has 0 spiro atoms. The van der Waals surface area contributed by atoms with E-state index in [1.165, 1.54) is 17.5 Å². The van der Waals surface area contributed by atoms with Gasteiger partial charge in [0.25, 0.3) is 0 Å². The van der Waals surface area contributed by atoms with Gasteiger partial charge in [-0.3, -0.25) is 19.3 Å². The maximum Gasteiger partial charge on any atom is 0.376 e. The van der Waals surface area contributed by atoms with Crippen LogP contribution in [0.2, 0.25) is 0 Å². The third kappa shape index (κ3) is 3.85. The Hall–Kier alpha value is -3.79. The van der Waals surface area contributed by atoms with Gasteiger partial charge in [0.05, 0.1) is 22.7 Å². The first-order valence-corrected chi connectivity index (χ1v) is 9.93. The lowest BCUT2D eigenvalue weighted by atomic mass is 10.2.